The van der Waals surface area contributed by atoms with Crippen molar-refractivity contribution in [2.24, 2.45) is 0 Å². The van der Waals surface area contributed by atoms with Crippen LogP contribution in [0.2, 0.25) is 0 Å². The number of rotatable bonds is 4. The fourth-order valence-electron chi connectivity index (χ4n) is 2.50. The van der Waals surface area contributed by atoms with Crippen LogP contribution in [0.3, 0.4) is 0 Å². The summed E-state index contributed by atoms with van der Waals surface area (Å²) in [7, 11) is 0. The average Bonchev–Trinajstić information content (AvgIpc) is 2.17. The lowest BCUT2D eigenvalue weighted by atomic mass is 10.0. The molecule has 0 N–H and O–H groups in total. The molecule has 0 bridgehead atoms. The van der Waals surface area contributed by atoms with E-state index in [1.807, 2.05) is 0 Å². The molecule has 1 heterocycles. The van der Waals surface area contributed by atoms with Crippen LogP contribution in [0, 0.1) is 0 Å². The molecule has 0 aromatic rings. The molecule has 0 aliphatic carbocycles. The highest BCUT2D eigenvalue weighted by Crippen LogP contribution is 2.24. The van der Waals surface area contributed by atoms with Crippen LogP contribution in [0.5, 0.6) is 0 Å². The molecule has 1 unspecified atom stereocenters. The Morgan fingerprint density at radius 1 is 1.40 bits per heavy atom. The molecule has 0 amide bonds. The van der Waals surface area contributed by atoms with Crippen molar-refractivity contribution in [2.75, 3.05) is 19.0 Å². The number of ether oxygens (including phenoxy) is 1. The molecule has 0 aromatic heterocycles. The van der Waals surface area contributed by atoms with Crippen LogP contribution in [-0.2, 0) is 4.74 Å². The maximum Gasteiger partial charge on any atom is 0.0845 e. The lowest BCUT2D eigenvalue weighted by molar-refractivity contribution is -0.137. The van der Waals surface area contributed by atoms with Gasteiger partial charge >= 0.3 is 0 Å². The highest BCUT2D eigenvalue weighted by Gasteiger charge is 2.34. The van der Waals surface area contributed by atoms with Crippen LogP contribution in [-0.4, -0.2) is 41.6 Å². The molecule has 1 saturated heterocycles. The molecule has 1 fully saturated rings. The first-order valence-corrected chi connectivity index (χ1v) is 6.53. The van der Waals surface area contributed by atoms with Gasteiger partial charge in [0.1, 0.15) is 0 Å². The SMILES string of the molecule is CCC(CC)N1CC(CCl)OC(C)(C)C1. The Labute approximate surface area is 98.9 Å². The van der Waals surface area contributed by atoms with Gasteiger partial charge in [-0.2, -0.15) is 0 Å². The van der Waals surface area contributed by atoms with E-state index in [0.29, 0.717) is 11.9 Å². The van der Waals surface area contributed by atoms with E-state index in [1.165, 1.54) is 12.8 Å². The van der Waals surface area contributed by atoms with E-state index >= 15 is 0 Å². The maximum absolute atomic E-state index is 5.92. The molecule has 0 radical (unpaired) electrons. The van der Waals surface area contributed by atoms with Crippen LogP contribution in [0.4, 0.5) is 0 Å². The van der Waals surface area contributed by atoms with E-state index in [0.717, 1.165) is 13.1 Å². The maximum atomic E-state index is 5.92. The number of hydrogen-bond donors (Lipinski definition) is 0. The molecule has 3 heteroatoms. The van der Waals surface area contributed by atoms with Gasteiger partial charge < -0.3 is 4.74 Å². The summed E-state index contributed by atoms with van der Waals surface area (Å²) in [5, 5.41) is 0. The van der Waals surface area contributed by atoms with Crippen molar-refractivity contribution in [1.82, 2.24) is 4.90 Å². The monoisotopic (exact) mass is 233 g/mol. The van der Waals surface area contributed by atoms with Crippen LogP contribution in [0.1, 0.15) is 40.5 Å². The van der Waals surface area contributed by atoms with Crippen LogP contribution in [0.15, 0.2) is 0 Å². The normalized spacial score (nSPS) is 27.2. The molecule has 1 atom stereocenters. The van der Waals surface area contributed by atoms with Crippen molar-refractivity contribution in [2.45, 2.75) is 58.3 Å². The number of nitrogens with zero attached hydrogens (tertiary/aromatic N) is 1. The van der Waals surface area contributed by atoms with E-state index in [2.05, 4.69) is 32.6 Å². The first kappa shape index (κ1) is 13.3. The largest absolute Gasteiger partial charge is 0.368 e. The first-order chi connectivity index (χ1) is 7.02. The molecule has 2 nitrogen and oxygen atoms in total. The average molecular weight is 234 g/mol. The number of hydrogen-bond acceptors (Lipinski definition) is 2. The third-order valence-electron chi connectivity index (χ3n) is 3.14. The molecule has 0 saturated carbocycles. The lowest BCUT2D eigenvalue weighted by Crippen LogP contribution is -2.56. The van der Waals surface area contributed by atoms with E-state index in [-0.39, 0.29) is 11.7 Å². The first-order valence-electron chi connectivity index (χ1n) is 6.00. The second-order valence-electron chi connectivity index (χ2n) is 5.05. The van der Waals surface area contributed by atoms with Gasteiger partial charge in [0.05, 0.1) is 11.7 Å². The van der Waals surface area contributed by atoms with Gasteiger partial charge in [0.25, 0.3) is 0 Å². The summed E-state index contributed by atoms with van der Waals surface area (Å²) in [6.45, 7) is 10.8. The Balaban J connectivity index is 2.64. The molecular weight excluding hydrogens is 210 g/mol. The zero-order valence-electron chi connectivity index (χ0n) is 10.4. The van der Waals surface area contributed by atoms with Gasteiger partial charge in [-0.25, -0.2) is 0 Å². The van der Waals surface area contributed by atoms with Crippen LogP contribution >= 0.6 is 11.6 Å². The highest BCUT2D eigenvalue weighted by atomic mass is 35.5. The van der Waals surface area contributed by atoms with Crippen molar-refractivity contribution in [3.8, 4) is 0 Å². The number of morpholine rings is 1. The van der Waals surface area contributed by atoms with Crippen molar-refractivity contribution in [1.29, 1.82) is 0 Å². The topological polar surface area (TPSA) is 12.5 Å². The predicted molar refractivity (Wildman–Crippen MR) is 65.6 cm³/mol. The number of halogens is 1. The predicted octanol–water partition coefficient (Wildman–Crippen LogP) is 2.89. The Morgan fingerprint density at radius 3 is 2.47 bits per heavy atom. The molecule has 90 valence electrons. The fourth-order valence-corrected chi connectivity index (χ4v) is 2.67. The van der Waals surface area contributed by atoms with E-state index in [4.69, 9.17) is 16.3 Å². The van der Waals surface area contributed by atoms with Gasteiger partial charge in [0.15, 0.2) is 0 Å². The van der Waals surface area contributed by atoms with Gasteiger partial charge in [-0.3, -0.25) is 4.90 Å². The zero-order chi connectivity index (χ0) is 11.5. The lowest BCUT2D eigenvalue weighted by Gasteiger charge is -2.45. The van der Waals surface area contributed by atoms with E-state index in [1.54, 1.807) is 0 Å². The smallest absolute Gasteiger partial charge is 0.0845 e. The summed E-state index contributed by atoms with van der Waals surface area (Å²) in [4.78, 5) is 2.54. The summed E-state index contributed by atoms with van der Waals surface area (Å²) < 4.78 is 5.92. The summed E-state index contributed by atoms with van der Waals surface area (Å²) in [6.07, 6.45) is 2.61. The van der Waals surface area contributed by atoms with Gasteiger partial charge in [-0.15, -0.1) is 11.6 Å². The third-order valence-corrected chi connectivity index (χ3v) is 3.48. The molecule has 0 aromatic carbocycles. The quantitative estimate of drug-likeness (QED) is 0.693. The minimum Gasteiger partial charge on any atom is -0.368 e. The van der Waals surface area contributed by atoms with Crippen LogP contribution in [0.25, 0.3) is 0 Å². The Morgan fingerprint density at radius 2 is 2.00 bits per heavy atom. The minimum absolute atomic E-state index is 0.0552. The second kappa shape index (κ2) is 5.51. The molecule has 0 spiro atoms. The molecule has 15 heavy (non-hydrogen) atoms. The standard InChI is InChI=1S/C12H24ClNO/c1-5-10(6-2)14-8-11(7-13)15-12(3,4)9-14/h10-11H,5-9H2,1-4H3. The third kappa shape index (κ3) is 3.61. The highest BCUT2D eigenvalue weighted by molar-refractivity contribution is 6.18. The van der Waals surface area contributed by atoms with Crippen molar-refractivity contribution < 1.29 is 4.74 Å². The van der Waals surface area contributed by atoms with E-state index in [9.17, 15) is 0 Å². The molecule has 1 aliphatic heterocycles. The van der Waals surface area contributed by atoms with Gasteiger partial charge in [0.2, 0.25) is 0 Å². The van der Waals surface area contributed by atoms with Crippen molar-refractivity contribution >= 4 is 11.6 Å². The molecule has 1 aliphatic rings. The number of alkyl halides is 1. The van der Waals surface area contributed by atoms with Gasteiger partial charge in [-0.1, -0.05) is 13.8 Å². The Kier molecular flexibility index (Phi) is 4.88. The van der Waals surface area contributed by atoms with Crippen LogP contribution < -0.4 is 0 Å². The summed E-state index contributed by atoms with van der Waals surface area (Å²) in [6, 6.07) is 0.680. The molecular formula is C12H24ClNO. The van der Waals surface area contributed by atoms with Gasteiger partial charge in [0, 0.05) is 25.0 Å². The minimum atomic E-state index is -0.0552. The zero-order valence-corrected chi connectivity index (χ0v) is 11.2. The Bertz CT molecular complexity index is 192. The summed E-state index contributed by atoms with van der Waals surface area (Å²) >= 11 is 5.91. The Hall–Kier alpha value is 0.210. The second-order valence-corrected chi connectivity index (χ2v) is 5.36. The summed E-state index contributed by atoms with van der Waals surface area (Å²) in [5.74, 6) is 0.597. The van der Waals surface area contributed by atoms with Gasteiger partial charge in [-0.05, 0) is 26.7 Å². The van der Waals surface area contributed by atoms with Crippen molar-refractivity contribution in [3.05, 3.63) is 0 Å². The van der Waals surface area contributed by atoms with Crippen molar-refractivity contribution in [3.63, 3.8) is 0 Å². The van der Waals surface area contributed by atoms with E-state index < -0.39 is 0 Å². The fraction of sp³-hybridized carbons (Fsp3) is 1.00. The summed E-state index contributed by atoms with van der Waals surface area (Å²) in [5.41, 5.74) is -0.0552. The molecule has 1 rings (SSSR count).